The van der Waals surface area contributed by atoms with Gasteiger partial charge >= 0.3 is 0 Å². The van der Waals surface area contributed by atoms with Crippen LogP contribution in [0.3, 0.4) is 0 Å². The van der Waals surface area contributed by atoms with E-state index in [4.69, 9.17) is 10.5 Å². The van der Waals surface area contributed by atoms with E-state index in [2.05, 4.69) is 45.9 Å². The second-order valence-corrected chi connectivity index (χ2v) is 4.83. The molecule has 0 aliphatic heterocycles. The van der Waals surface area contributed by atoms with E-state index in [0.29, 0.717) is 25.0 Å². The van der Waals surface area contributed by atoms with E-state index in [1.165, 1.54) is 11.1 Å². The highest BCUT2D eigenvalue weighted by molar-refractivity contribution is 5.37. The zero-order chi connectivity index (χ0) is 12.1. The van der Waals surface area contributed by atoms with Crippen molar-refractivity contribution in [2.24, 2.45) is 11.7 Å². The first-order valence-electron chi connectivity index (χ1n) is 5.98. The summed E-state index contributed by atoms with van der Waals surface area (Å²) in [7, 11) is 0. The summed E-state index contributed by atoms with van der Waals surface area (Å²) < 4.78 is 5.80. The third-order valence-corrected chi connectivity index (χ3v) is 2.80. The highest BCUT2D eigenvalue weighted by Gasteiger charge is 2.06. The standard InChI is InChI=1S/C14H23NO/c1-10(2)13-6-5-12(4)14(7-13)16-9-11(3)8-15/h5-7,10-11H,8-9,15H2,1-4H3. The van der Waals surface area contributed by atoms with Crippen molar-refractivity contribution < 1.29 is 4.74 Å². The van der Waals surface area contributed by atoms with Gasteiger partial charge in [0.15, 0.2) is 0 Å². The number of nitrogens with two attached hydrogens (primary N) is 1. The Morgan fingerprint density at radius 1 is 1.25 bits per heavy atom. The molecule has 0 aromatic heterocycles. The lowest BCUT2D eigenvalue weighted by Gasteiger charge is -2.15. The molecule has 0 saturated carbocycles. The van der Waals surface area contributed by atoms with Crippen molar-refractivity contribution in [3.8, 4) is 5.75 Å². The average Bonchev–Trinajstić information content (AvgIpc) is 2.27. The van der Waals surface area contributed by atoms with Crippen LogP contribution >= 0.6 is 0 Å². The number of hydrogen-bond acceptors (Lipinski definition) is 2. The van der Waals surface area contributed by atoms with Gasteiger partial charge in [0.1, 0.15) is 5.75 Å². The molecular weight excluding hydrogens is 198 g/mol. The summed E-state index contributed by atoms with van der Waals surface area (Å²) in [6.07, 6.45) is 0. The van der Waals surface area contributed by atoms with Gasteiger partial charge in [-0.25, -0.2) is 0 Å². The van der Waals surface area contributed by atoms with Crippen LogP contribution in [0, 0.1) is 12.8 Å². The van der Waals surface area contributed by atoms with Gasteiger partial charge in [0.2, 0.25) is 0 Å². The predicted molar refractivity (Wildman–Crippen MR) is 69.0 cm³/mol. The maximum atomic E-state index is 5.80. The summed E-state index contributed by atoms with van der Waals surface area (Å²) >= 11 is 0. The van der Waals surface area contributed by atoms with Crippen LogP contribution < -0.4 is 10.5 Å². The minimum atomic E-state index is 0.405. The topological polar surface area (TPSA) is 35.2 Å². The van der Waals surface area contributed by atoms with Crippen LogP contribution in [0.2, 0.25) is 0 Å². The second-order valence-electron chi connectivity index (χ2n) is 4.83. The molecule has 2 N–H and O–H groups in total. The summed E-state index contributed by atoms with van der Waals surface area (Å²) in [6.45, 7) is 9.92. The number of rotatable bonds is 5. The molecule has 0 bridgehead atoms. The second kappa shape index (κ2) is 5.90. The summed E-state index contributed by atoms with van der Waals surface area (Å²) in [6, 6.07) is 6.43. The molecule has 0 heterocycles. The SMILES string of the molecule is Cc1ccc(C(C)C)cc1OCC(C)CN. The zero-order valence-electron chi connectivity index (χ0n) is 10.8. The Balaban J connectivity index is 2.74. The summed E-state index contributed by atoms with van der Waals surface area (Å²) in [5.41, 5.74) is 8.08. The lowest BCUT2D eigenvalue weighted by molar-refractivity contribution is 0.262. The van der Waals surface area contributed by atoms with Crippen molar-refractivity contribution >= 4 is 0 Å². The fourth-order valence-electron chi connectivity index (χ4n) is 1.43. The number of benzene rings is 1. The molecule has 1 aromatic carbocycles. The van der Waals surface area contributed by atoms with Gasteiger partial charge < -0.3 is 10.5 Å². The zero-order valence-corrected chi connectivity index (χ0v) is 10.8. The van der Waals surface area contributed by atoms with E-state index in [0.717, 1.165) is 5.75 Å². The normalized spacial score (nSPS) is 12.9. The van der Waals surface area contributed by atoms with Gasteiger partial charge in [-0.15, -0.1) is 0 Å². The molecule has 0 saturated heterocycles. The van der Waals surface area contributed by atoms with Crippen LogP contribution in [0.5, 0.6) is 5.75 Å². The van der Waals surface area contributed by atoms with Crippen molar-refractivity contribution in [3.63, 3.8) is 0 Å². The van der Waals surface area contributed by atoms with Crippen molar-refractivity contribution in [3.05, 3.63) is 29.3 Å². The molecule has 0 radical (unpaired) electrons. The monoisotopic (exact) mass is 221 g/mol. The highest BCUT2D eigenvalue weighted by atomic mass is 16.5. The Morgan fingerprint density at radius 2 is 1.94 bits per heavy atom. The Labute approximate surface area is 98.8 Å². The Kier molecular flexibility index (Phi) is 4.81. The molecule has 0 amide bonds. The Morgan fingerprint density at radius 3 is 2.50 bits per heavy atom. The van der Waals surface area contributed by atoms with Crippen LogP contribution in [-0.4, -0.2) is 13.2 Å². The van der Waals surface area contributed by atoms with E-state index in [-0.39, 0.29) is 0 Å². The van der Waals surface area contributed by atoms with Gasteiger partial charge in [0.05, 0.1) is 6.61 Å². The minimum Gasteiger partial charge on any atom is -0.493 e. The van der Waals surface area contributed by atoms with Gasteiger partial charge in [0.25, 0.3) is 0 Å². The van der Waals surface area contributed by atoms with Crippen LogP contribution in [0.4, 0.5) is 0 Å². The van der Waals surface area contributed by atoms with Crippen molar-refractivity contribution in [1.29, 1.82) is 0 Å². The molecule has 0 aliphatic carbocycles. The number of ether oxygens (including phenoxy) is 1. The third-order valence-electron chi connectivity index (χ3n) is 2.80. The fraction of sp³-hybridized carbons (Fsp3) is 0.571. The summed E-state index contributed by atoms with van der Waals surface area (Å²) in [5, 5.41) is 0. The quantitative estimate of drug-likeness (QED) is 0.829. The van der Waals surface area contributed by atoms with Gasteiger partial charge in [0, 0.05) is 5.92 Å². The highest BCUT2D eigenvalue weighted by Crippen LogP contribution is 2.24. The molecule has 1 unspecified atom stereocenters. The molecule has 16 heavy (non-hydrogen) atoms. The molecule has 0 aliphatic rings. The first-order chi connectivity index (χ1) is 7.54. The van der Waals surface area contributed by atoms with Crippen molar-refractivity contribution in [2.45, 2.75) is 33.6 Å². The van der Waals surface area contributed by atoms with E-state index < -0.39 is 0 Å². The van der Waals surface area contributed by atoms with Gasteiger partial charge in [-0.05, 0) is 36.6 Å². The lowest BCUT2D eigenvalue weighted by Crippen LogP contribution is -2.18. The van der Waals surface area contributed by atoms with E-state index >= 15 is 0 Å². The maximum absolute atomic E-state index is 5.80. The Hall–Kier alpha value is -1.02. The number of aryl methyl sites for hydroxylation is 1. The first-order valence-corrected chi connectivity index (χ1v) is 5.98. The molecule has 1 rings (SSSR count). The molecule has 90 valence electrons. The van der Waals surface area contributed by atoms with Gasteiger partial charge in [-0.2, -0.15) is 0 Å². The predicted octanol–water partition coefficient (Wildman–Crippen LogP) is 3.09. The van der Waals surface area contributed by atoms with E-state index in [9.17, 15) is 0 Å². The Bertz CT molecular complexity index is 334. The third kappa shape index (κ3) is 3.53. The van der Waals surface area contributed by atoms with Crippen molar-refractivity contribution in [1.82, 2.24) is 0 Å². The largest absolute Gasteiger partial charge is 0.493 e. The first kappa shape index (κ1) is 13.0. The fourth-order valence-corrected chi connectivity index (χ4v) is 1.43. The summed E-state index contributed by atoms with van der Waals surface area (Å²) in [5.74, 6) is 1.93. The maximum Gasteiger partial charge on any atom is 0.122 e. The molecular formula is C14H23NO. The van der Waals surface area contributed by atoms with Gasteiger partial charge in [-0.1, -0.05) is 32.9 Å². The summed E-state index contributed by atoms with van der Waals surface area (Å²) in [4.78, 5) is 0. The van der Waals surface area contributed by atoms with E-state index in [1.54, 1.807) is 0 Å². The lowest BCUT2D eigenvalue weighted by atomic mass is 10.0. The van der Waals surface area contributed by atoms with Crippen molar-refractivity contribution in [2.75, 3.05) is 13.2 Å². The number of hydrogen-bond donors (Lipinski definition) is 1. The van der Waals surface area contributed by atoms with E-state index in [1.807, 2.05) is 0 Å². The van der Waals surface area contributed by atoms with Crippen LogP contribution in [-0.2, 0) is 0 Å². The molecule has 2 nitrogen and oxygen atoms in total. The molecule has 0 spiro atoms. The molecule has 2 heteroatoms. The van der Waals surface area contributed by atoms with Gasteiger partial charge in [-0.3, -0.25) is 0 Å². The molecule has 1 aromatic rings. The molecule has 1 atom stereocenters. The minimum absolute atomic E-state index is 0.405. The average molecular weight is 221 g/mol. The molecule has 0 fully saturated rings. The van der Waals surface area contributed by atoms with Crippen LogP contribution in [0.25, 0.3) is 0 Å². The van der Waals surface area contributed by atoms with Crippen LogP contribution in [0.1, 0.15) is 37.8 Å². The smallest absolute Gasteiger partial charge is 0.122 e. The van der Waals surface area contributed by atoms with Crippen LogP contribution in [0.15, 0.2) is 18.2 Å².